The number of carboxylic acid groups (broad SMARTS) is 1. The van der Waals surface area contributed by atoms with E-state index in [4.69, 9.17) is 5.11 Å². The molecule has 2 rings (SSSR count). The molecule has 0 unspecified atom stereocenters. The van der Waals surface area contributed by atoms with Crippen molar-refractivity contribution >= 4 is 27.8 Å². The second-order valence-electron chi connectivity index (χ2n) is 5.13. The summed E-state index contributed by atoms with van der Waals surface area (Å²) in [5, 5.41) is 11.8. The number of aromatic carboxylic acids is 1. The predicted molar refractivity (Wildman–Crippen MR) is 78.6 cm³/mol. The largest absolute Gasteiger partial charge is 0.478 e. The second kappa shape index (κ2) is 6.37. The lowest BCUT2D eigenvalue weighted by Crippen LogP contribution is -2.36. The van der Waals surface area contributed by atoms with Crippen LogP contribution in [-0.4, -0.2) is 41.5 Å². The number of amides is 1. The van der Waals surface area contributed by atoms with Crippen molar-refractivity contribution in [3.05, 3.63) is 33.8 Å². The van der Waals surface area contributed by atoms with Gasteiger partial charge in [0.15, 0.2) is 0 Å². The molecule has 1 amide bonds. The number of hydrogen-bond donors (Lipinski definition) is 2. The maximum absolute atomic E-state index is 11.7. The van der Waals surface area contributed by atoms with E-state index in [1.807, 2.05) is 11.9 Å². The van der Waals surface area contributed by atoms with Gasteiger partial charge >= 0.3 is 5.97 Å². The summed E-state index contributed by atoms with van der Waals surface area (Å²) in [5.74, 6) is -0.914. The van der Waals surface area contributed by atoms with Crippen molar-refractivity contribution in [1.82, 2.24) is 10.2 Å². The molecule has 1 aromatic rings. The van der Waals surface area contributed by atoms with Crippen LogP contribution in [0, 0.1) is 0 Å². The summed E-state index contributed by atoms with van der Waals surface area (Å²) < 4.78 is 0.742. The zero-order chi connectivity index (χ0) is 14.7. The summed E-state index contributed by atoms with van der Waals surface area (Å²) in [5.41, 5.74) is 1.20. The van der Waals surface area contributed by atoms with Gasteiger partial charge in [-0.05, 0) is 37.6 Å². The zero-order valence-electron chi connectivity index (χ0n) is 11.2. The topological polar surface area (TPSA) is 69.6 Å². The Balaban J connectivity index is 1.91. The maximum Gasteiger partial charge on any atom is 0.335 e. The molecule has 6 heteroatoms. The number of carbonyl (C=O) groups is 2. The molecule has 1 saturated carbocycles. The SMILES string of the molecule is CN(CC(=O)NC1CC1)Cc1ccc(C(=O)O)cc1Br. The van der Waals surface area contributed by atoms with Gasteiger partial charge < -0.3 is 10.4 Å². The average molecular weight is 341 g/mol. The highest BCUT2D eigenvalue weighted by molar-refractivity contribution is 9.10. The minimum Gasteiger partial charge on any atom is -0.478 e. The highest BCUT2D eigenvalue weighted by atomic mass is 79.9. The number of nitrogens with one attached hydrogen (secondary N) is 1. The van der Waals surface area contributed by atoms with Gasteiger partial charge in [0.1, 0.15) is 0 Å². The van der Waals surface area contributed by atoms with Crippen molar-refractivity contribution in [2.75, 3.05) is 13.6 Å². The van der Waals surface area contributed by atoms with Crippen molar-refractivity contribution < 1.29 is 14.7 Å². The summed E-state index contributed by atoms with van der Waals surface area (Å²) in [6.45, 7) is 0.919. The number of halogens is 1. The van der Waals surface area contributed by atoms with E-state index in [1.54, 1.807) is 18.2 Å². The Labute approximate surface area is 126 Å². The van der Waals surface area contributed by atoms with Crippen LogP contribution in [0.3, 0.4) is 0 Å². The van der Waals surface area contributed by atoms with E-state index in [2.05, 4.69) is 21.2 Å². The molecular weight excluding hydrogens is 324 g/mol. The lowest BCUT2D eigenvalue weighted by Gasteiger charge is -2.17. The Bertz CT molecular complexity index is 529. The molecule has 1 aliphatic rings. The maximum atomic E-state index is 11.7. The fourth-order valence-corrected chi connectivity index (χ4v) is 2.41. The number of benzene rings is 1. The van der Waals surface area contributed by atoms with Gasteiger partial charge in [-0.15, -0.1) is 0 Å². The van der Waals surface area contributed by atoms with Crippen LogP contribution in [0.15, 0.2) is 22.7 Å². The van der Waals surface area contributed by atoms with Gasteiger partial charge in [-0.2, -0.15) is 0 Å². The molecule has 0 atom stereocenters. The molecule has 2 N–H and O–H groups in total. The fourth-order valence-electron chi connectivity index (χ4n) is 1.90. The van der Waals surface area contributed by atoms with Crippen LogP contribution in [0.1, 0.15) is 28.8 Å². The molecule has 0 saturated heterocycles. The monoisotopic (exact) mass is 340 g/mol. The van der Waals surface area contributed by atoms with Gasteiger partial charge in [0.05, 0.1) is 12.1 Å². The molecule has 0 heterocycles. The number of rotatable bonds is 6. The molecular formula is C14H17BrN2O3. The number of nitrogens with zero attached hydrogens (tertiary/aromatic N) is 1. The minimum absolute atomic E-state index is 0.0354. The van der Waals surface area contributed by atoms with Gasteiger partial charge in [-0.1, -0.05) is 22.0 Å². The summed E-state index contributed by atoms with van der Waals surface area (Å²) in [6.07, 6.45) is 2.16. The van der Waals surface area contributed by atoms with Crippen LogP contribution in [-0.2, 0) is 11.3 Å². The average Bonchev–Trinajstić information content (AvgIpc) is 3.15. The zero-order valence-corrected chi connectivity index (χ0v) is 12.8. The molecule has 1 fully saturated rings. The van der Waals surface area contributed by atoms with E-state index in [0.29, 0.717) is 19.1 Å². The van der Waals surface area contributed by atoms with Crippen LogP contribution in [0.4, 0.5) is 0 Å². The molecule has 5 nitrogen and oxygen atoms in total. The molecule has 1 aliphatic carbocycles. The van der Waals surface area contributed by atoms with Crippen molar-refractivity contribution in [2.24, 2.45) is 0 Å². The predicted octanol–water partition coefficient (Wildman–Crippen LogP) is 1.86. The van der Waals surface area contributed by atoms with Gasteiger partial charge in [-0.25, -0.2) is 4.79 Å². The van der Waals surface area contributed by atoms with Crippen LogP contribution >= 0.6 is 15.9 Å². The first-order chi connectivity index (χ1) is 9.45. The van der Waals surface area contributed by atoms with Gasteiger partial charge in [0, 0.05) is 17.1 Å². The van der Waals surface area contributed by atoms with E-state index in [9.17, 15) is 9.59 Å². The van der Waals surface area contributed by atoms with Crippen LogP contribution in [0.2, 0.25) is 0 Å². The summed E-state index contributed by atoms with van der Waals surface area (Å²) in [6, 6.07) is 5.29. The Morgan fingerprint density at radius 3 is 2.70 bits per heavy atom. The van der Waals surface area contributed by atoms with E-state index in [1.165, 1.54) is 0 Å². The minimum atomic E-state index is -0.950. The van der Waals surface area contributed by atoms with Crippen LogP contribution in [0.5, 0.6) is 0 Å². The third kappa shape index (κ3) is 4.31. The van der Waals surface area contributed by atoms with Crippen molar-refractivity contribution in [1.29, 1.82) is 0 Å². The molecule has 0 spiro atoms. The van der Waals surface area contributed by atoms with Gasteiger partial charge in [0.2, 0.25) is 5.91 Å². The normalized spacial score (nSPS) is 14.3. The molecule has 0 radical (unpaired) electrons. The summed E-state index contributed by atoms with van der Waals surface area (Å²) in [4.78, 5) is 24.4. The van der Waals surface area contributed by atoms with E-state index < -0.39 is 5.97 Å². The van der Waals surface area contributed by atoms with Gasteiger partial charge in [-0.3, -0.25) is 9.69 Å². The molecule has 108 valence electrons. The molecule has 20 heavy (non-hydrogen) atoms. The van der Waals surface area contributed by atoms with Crippen molar-refractivity contribution in [3.63, 3.8) is 0 Å². The Hall–Kier alpha value is -1.40. The number of likely N-dealkylation sites (N-methyl/N-ethyl adjacent to an activating group) is 1. The lowest BCUT2D eigenvalue weighted by atomic mass is 10.1. The lowest BCUT2D eigenvalue weighted by molar-refractivity contribution is -0.122. The third-order valence-electron chi connectivity index (χ3n) is 3.10. The van der Waals surface area contributed by atoms with E-state index >= 15 is 0 Å². The number of carboxylic acids is 1. The third-order valence-corrected chi connectivity index (χ3v) is 3.83. The first-order valence-electron chi connectivity index (χ1n) is 6.45. The van der Waals surface area contributed by atoms with E-state index in [0.717, 1.165) is 22.9 Å². The highest BCUT2D eigenvalue weighted by Crippen LogP contribution is 2.20. The first-order valence-corrected chi connectivity index (χ1v) is 7.24. The quantitative estimate of drug-likeness (QED) is 0.829. The number of carbonyl (C=O) groups excluding carboxylic acids is 1. The number of hydrogen-bond acceptors (Lipinski definition) is 3. The molecule has 1 aromatic carbocycles. The molecule has 0 aliphatic heterocycles. The highest BCUT2D eigenvalue weighted by Gasteiger charge is 2.23. The first kappa shape index (κ1) is 15.0. The summed E-state index contributed by atoms with van der Waals surface area (Å²) >= 11 is 3.37. The molecule has 0 bridgehead atoms. The Kier molecular flexibility index (Phi) is 4.77. The Morgan fingerprint density at radius 1 is 1.45 bits per heavy atom. The van der Waals surface area contributed by atoms with E-state index in [-0.39, 0.29) is 11.5 Å². The second-order valence-corrected chi connectivity index (χ2v) is 5.98. The van der Waals surface area contributed by atoms with Crippen LogP contribution in [0.25, 0.3) is 0 Å². The molecule has 0 aromatic heterocycles. The smallest absolute Gasteiger partial charge is 0.335 e. The van der Waals surface area contributed by atoms with Crippen molar-refractivity contribution in [2.45, 2.75) is 25.4 Å². The van der Waals surface area contributed by atoms with Gasteiger partial charge in [0.25, 0.3) is 0 Å². The van der Waals surface area contributed by atoms with Crippen molar-refractivity contribution in [3.8, 4) is 0 Å². The standard InChI is InChI=1S/C14H17BrN2O3/c1-17(8-13(18)16-11-4-5-11)7-10-3-2-9(14(19)20)6-12(10)15/h2-3,6,11H,4-5,7-8H2,1H3,(H,16,18)(H,19,20). The fraction of sp³-hybridized carbons (Fsp3) is 0.429. The van der Waals surface area contributed by atoms with Crippen LogP contribution < -0.4 is 5.32 Å². The summed E-state index contributed by atoms with van der Waals surface area (Å²) in [7, 11) is 1.87. The Morgan fingerprint density at radius 2 is 2.15 bits per heavy atom.